The average molecular weight is 491 g/mol. The summed E-state index contributed by atoms with van der Waals surface area (Å²) in [4.78, 5) is 23.9. The van der Waals surface area contributed by atoms with Gasteiger partial charge in [-0.3, -0.25) is 9.59 Å². The number of unbranched alkanes of at least 4 members (excludes halogenated alkanes) is 3. The van der Waals surface area contributed by atoms with Gasteiger partial charge in [-0.05, 0) is 49.8 Å². The van der Waals surface area contributed by atoms with E-state index in [0.717, 1.165) is 49.6 Å². The highest BCUT2D eigenvalue weighted by Crippen LogP contribution is 2.37. The van der Waals surface area contributed by atoms with Crippen molar-refractivity contribution in [3.8, 4) is 0 Å². The lowest BCUT2D eigenvalue weighted by atomic mass is 9.85. The summed E-state index contributed by atoms with van der Waals surface area (Å²) in [5.41, 5.74) is -0.720. The van der Waals surface area contributed by atoms with Crippen LogP contribution in [0.1, 0.15) is 63.4 Å². The monoisotopic (exact) mass is 490 g/mol. The summed E-state index contributed by atoms with van der Waals surface area (Å²) >= 11 is 1.16. The largest absolute Gasteiger partial charge is 0.469 e. The fourth-order valence-corrected chi connectivity index (χ4v) is 5.23. The Balaban J connectivity index is 1.75. The third-order valence-electron chi connectivity index (χ3n) is 6.15. The maximum Gasteiger partial charge on any atom is 0.416 e. The molecule has 0 amide bonds. The first-order valence-electron chi connectivity index (χ1n) is 11.4. The van der Waals surface area contributed by atoms with E-state index in [1.165, 1.54) is 13.2 Å². The van der Waals surface area contributed by atoms with E-state index in [4.69, 9.17) is 0 Å². The van der Waals surface area contributed by atoms with E-state index in [1.54, 1.807) is 6.07 Å². The van der Waals surface area contributed by atoms with Crippen molar-refractivity contribution >= 4 is 23.5 Å². The Kier molecular flexibility index (Phi) is 11.2. The molecule has 1 aliphatic rings. The molecule has 3 unspecified atom stereocenters. The number of benzene rings is 1. The molecule has 4 atom stereocenters. The normalized spacial score (nSPS) is 21.9. The zero-order valence-corrected chi connectivity index (χ0v) is 19.7. The van der Waals surface area contributed by atoms with Crippen LogP contribution in [0.15, 0.2) is 29.2 Å². The van der Waals surface area contributed by atoms with Crippen molar-refractivity contribution in [3.63, 3.8) is 0 Å². The molecule has 186 valence electrons. The van der Waals surface area contributed by atoms with Crippen LogP contribution in [0.3, 0.4) is 0 Å². The smallest absolute Gasteiger partial charge is 0.416 e. The number of thioether (sulfide) groups is 1. The Morgan fingerprint density at radius 2 is 1.94 bits per heavy atom. The lowest BCUT2D eigenvalue weighted by molar-refractivity contribution is -0.141. The van der Waals surface area contributed by atoms with Crippen LogP contribution in [0, 0.1) is 11.8 Å². The number of rotatable bonds is 13. The third kappa shape index (κ3) is 9.29. The number of esters is 1. The van der Waals surface area contributed by atoms with Crippen LogP contribution in [-0.2, 0) is 20.5 Å². The third-order valence-corrected chi connectivity index (χ3v) is 7.28. The quantitative estimate of drug-likeness (QED) is 0.230. The molecule has 0 heterocycles. The molecule has 9 heteroatoms. The van der Waals surface area contributed by atoms with Crippen molar-refractivity contribution in [2.75, 3.05) is 12.9 Å². The van der Waals surface area contributed by atoms with Crippen LogP contribution in [0.5, 0.6) is 0 Å². The molecule has 5 nitrogen and oxygen atoms in total. The van der Waals surface area contributed by atoms with Gasteiger partial charge in [0.1, 0.15) is 5.78 Å². The van der Waals surface area contributed by atoms with E-state index in [2.05, 4.69) is 4.74 Å². The van der Waals surface area contributed by atoms with Crippen molar-refractivity contribution in [2.24, 2.45) is 11.8 Å². The van der Waals surface area contributed by atoms with E-state index in [9.17, 15) is 33.0 Å². The molecule has 1 aliphatic carbocycles. The Morgan fingerprint density at radius 3 is 2.64 bits per heavy atom. The number of alkyl halides is 3. The predicted octanol–water partition coefficient (Wildman–Crippen LogP) is 5.02. The van der Waals surface area contributed by atoms with Crippen molar-refractivity contribution in [1.29, 1.82) is 0 Å². The van der Waals surface area contributed by atoms with Crippen molar-refractivity contribution in [2.45, 2.75) is 81.1 Å². The lowest BCUT2D eigenvalue weighted by Gasteiger charge is -2.22. The summed E-state index contributed by atoms with van der Waals surface area (Å²) in [7, 11) is 1.36. The summed E-state index contributed by atoms with van der Waals surface area (Å²) in [5.74, 6) is -0.378. The molecule has 0 aliphatic heterocycles. The molecule has 0 bridgehead atoms. The molecule has 0 aromatic heterocycles. The fraction of sp³-hybridized carbons (Fsp3) is 0.667. The lowest BCUT2D eigenvalue weighted by Crippen LogP contribution is -2.23. The van der Waals surface area contributed by atoms with E-state index >= 15 is 0 Å². The summed E-state index contributed by atoms with van der Waals surface area (Å²) in [5, 5.41) is 20.7. The second-order valence-electron chi connectivity index (χ2n) is 8.60. The second kappa shape index (κ2) is 13.3. The highest BCUT2D eigenvalue weighted by molar-refractivity contribution is 7.99. The summed E-state index contributed by atoms with van der Waals surface area (Å²) in [6, 6.07) is 5.00. The maximum atomic E-state index is 12.8. The molecule has 33 heavy (non-hydrogen) atoms. The number of methoxy groups -OCH3 is 1. The van der Waals surface area contributed by atoms with Gasteiger partial charge in [0.2, 0.25) is 0 Å². The molecule has 1 saturated carbocycles. The first kappa shape index (κ1) is 27.7. The number of ketones is 1. The number of carbonyl (C=O) groups excluding carboxylic acids is 2. The second-order valence-corrected chi connectivity index (χ2v) is 9.70. The molecule has 1 aromatic carbocycles. The molecule has 1 aromatic rings. The zero-order chi connectivity index (χ0) is 24.4. The van der Waals surface area contributed by atoms with Crippen molar-refractivity contribution in [3.05, 3.63) is 29.8 Å². The van der Waals surface area contributed by atoms with Gasteiger partial charge in [0, 0.05) is 29.4 Å². The molecule has 0 spiro atoms. The molecule has 0 saturated heterocycles. The first-order chi connectivity index (χ1) is 15.6. The van der Waals surface area contributed by atoms with Crippen LogP contribution in [0.4, 0.5) is 13.2 Å². The minimum Gasteiger partial charge on any atom is -0.469 e. The van der Waals surface area contributed by atoms with Crippen molar-refractivity contribution in [1.82, 2.24) is 0 Å². The topological polar surface area (TPSA) is 83.8 Å². The number of Topliss-reactive ketones (excluding diaryl/α,β-unsaturated/α-hetero) is 1. The first-order valence-corrected chi connectivity index (χ1v) is 12.4. The fourth-order valence-electron chi connectivity index (χ4n) is 4.30. The van der Waals surface area contributed by atoms with Crippen LogP contribution in [0.2, 0.25) is 0 Å². The molecule has 0 radical (unpaired) electrons. The minimum atomic E-state index is -4.41. The van der Waals surface area contributed by atoms with Gasteiger partial charge in [0.15, 0.2) is 0 Å². The maximum absolute atomic E-state index is 12.8. The number of halogens is 3. The summed E-state index contributed by atoms with van der Waals surface area (Å²) in [6.07, 6.45) is -0.484. The summed E-state index contributed by atoms with van der Waals surface area (Å²) in [6.45, 7) is 0. The highest BCUT2D eigenvalue weighted by atomic mass is 32.2. The number of hydrogen-bond donors (Lipinski definition) is 2. The van der Waals surface area contributed by atoms with Crippen molar-refractivity contribution < 1.29 is 37.7 Å². The van der Waals surface area contributed by atoms with Gasteiger partial charge >= 0.3 is 12.1 Å². The number of aliphatic hydroxyl groups is 2. The van der Waals surface area contributed by atoms with Gasteiger partial charge in [0.25, 0.3) is 0 Å². The molecule has 2 N–H and O–H groups in total. The Labute approximate surface area is 197 Å². The number of ether oxygens (including phenoxy) is 1. The minimum absolute atomic E-state index is 0.0508. The van der Waals surface area contributed by atoms with Gasteiger partial charge in [-0.2, -0.15) is 13.2 Å². The molecular weight excluding hydrogens is 457 g/mol. The number of carbonyl (C=O) groups is 2. The number of hydrogen-bond acceptors (Lipinski definition) is 6. The van der Waals surface area contributed by atoms with Gasteiger partial charge in [-0.1, -0.05) is 25.3 Å². The predicted molar refractivity (Wildman–Crippen MR) is 120 cm³/mol. The average Bonchev–Trinajstić information content (AvgIpc) is 3.04. The van der Waals surface area contributed by atoms with E-state index < -0.39 is 23.9 Å². The molecular formula is C24H33F3O5S. The van der Waals surface area contributed by atoms with Gasteiger partial charge < -0.3 is 14.9 Å². The van der Waals surface area contributed by atoms with E-state index in [-0.39, 0.29) is 35.8 Å². The Hall–Kier alpha value is -1.58. The standard InChI is InChI=1S/C24H33F3O5S/c1-32-23(31)10-5-3-2-4-9-19-20(22(30)14-21(19)29)12-11-17(28)15-33-18-8-6-7-16(13-18)24(25,26)27/h6-8,13,17,19-20,22,28,30H,2-5,9-12,14-15H2,1H3/t17?,19?,20-,22?/m1/s1. The van der Waals surface area contributed by atoms with E-state index in [1.807, 2.05) is 0 Å². The highest BCUT2D eigenvalue weighted by Gasteiger charge is 2.40. The van der Waals surface area contributed by atoms with Gasteiger partial charge in [-0.25, -0.2) is 0 Å². The van der Waals surface area contributed by atoms with Crippen LogP contribution in [-0.4, -0.2) is 47.0 Å². The van der Waals surface area contributed by atoms with Gasteiger partial charge in [0.05, 0.1) is 24.9 Å². The Morgan fingerprint density at radius 1 is 1.21 bits per heavy atom. The zero-order valence-electron chi connectivity index (χ0n) is 18.9. The summed E-state index contributed by atoms with van der Waals surface area (Å²) < 4.78 is 43.1. The van der Waals surface area contributed by atoms with Crippen LogP contribution < -0.4 is 0 Å². The SMILES string of the molecule is COC(=O)CCCCCCC1C(=O)CC(O)[C@@H]1CCC(O)CSc1cccc(C(F)(F)F)c1. The van der Waals surface area contributed by atoms with Crippen LogP contribution in [0.25, 0.3) is 0 Å². The molecule has 2 rings (SSSR count). The van der Waals surface area contributed by atoms with Crippen LogP contribution >= 0.6 is 11.8 Å². The Bertz CT molecular complexity index is 771. The molecule has 1 fully saturated rings. The number of aliphatic hydroxyl groups excluding tert-OH is 2. The van der Waals surface area contributed by atoms with Gasteiger partial charge in [-0.15, -0.1) is 11.8 Å². The van der Waals surface area contributed by atoms with E-state index in [0.29, 0.717) is 30.6 Å².